The zero-order valence-electron chi connectivity index (χ0n) is 13.5. The first-order chi connectivity index (χ1) is 9.17. The summed E-state index contributed by atoms with van der Waals surface area (Å²) < 4.78 is 5.76. The Morgan fingerprint density at radius 1 is 1.53 bits per heavy atom. The molecule has 0 heterocycles. The van der Waals surface area contributed by atoms with E-state index in [1.165, 1.54) is 0 Å². The summed E-state index contributed by atoms with van der Waals surface area (Å²) in [5, 5.41) is 0. The van der Waals surface area contributed by atoms with E-state index in [1.54, 1.807) is 6.92 Å². The van der Waals surface area contributed by atoms with Gasteiger partial charge in [-0.2, -0.15) is 0 Å². The Kier molecular flexibility index (Phi) is 15.3. The molecule has 108 valence electrons. The molecule has 0 radical (unpaired) electrons. The SMILES string of the molecule is C#CC.C/C=C(\CCC)OC1=CCC(C)C=C1.CC. The van der Waals surface area contributed by atoms with Gasteiger partial charge in [0.1, 0.15) is 5.76 Å². The van der Waals surface area contributed by atoms with E-state index in [1.807, 2.05) is 20.8 Å². The van der Waals surface area contributed by atoms with Crippen molar-refractivity contribution in [3.63, 3.8) is 0 Å². The predicted octanol–water partition coefficient (Wildman–Crippen LogP) is 5.85. The monoisotopic (exact) mass is 262 g/mol. The Bertz CT molecular complexity index is 326. The van der Waals surface area contributed by atoms with E-state index in [0.29, 0.717) is 5.92 Å². The minimum absolute atomic E-state index is 0.655. The molecule has 1 aliphatic rings. The van der Waals surface area contributed by atoms with E-state index in [9.17, 15) is 0 Å². The van der Waals surface area contributed by atoms with Crippen molar-refractivity contribution in [2.24, 2.45) is 5.92 Å². The summed E-state index contributed by atoms with van der Waals surface area (Å²) in [7, 11) is 0. The molecule has 0 aromatic heterocycles. The smallest absolute Gasteiger partial charge is 0.122 e. The Morgan fingerprint density at radius 2 is 2.11 bits per heavy atom. The Morgan fingerprint density at radius 3 is 2.47 bits per heavy atom. The zero-order chi connectivity index (χ0) is 15.1. The van der Waals surface area contributed by atoms with E-state index in [-0.39, 0.29) is 0 Å². The number of hydrogen-bond donors (Lipinski definition) is 0. The van der Waals surface area contributed by atoms with Gasteiger partial charge in [0.05, 0.1) is 5.76 Å². The van der Waals surface area contributed by atoms with Crippen molar-refractivity contribution in [1.29, 1.82) is 0 Å². The van der Waals surface area contributed by atoms with Gasteiger partial charge in [-0.15, -0.1) is 12.3 Å². The highest BCUT2D eigenvalue weighted by Crippen LogP contribution is 2.20. The normalized spacial score (nSPS) is 17.0. The molecular weight excluding hydrogens is 232 g/mol. The third-order valence-corrected chi connectivity index (χ3v) is 2.35. The molecule has 1 rings (SSSR count). The van der Waals surface area contributed by atoms with Gasteiger partial charge in [0, 0.05) is 6.42 Å². The lowest BCUT2D eigenvalue weighted by molar-refractivity contribution is 0.298. The zero-order valence-corrected chi connectivity index (χ0v) is 13.5. The standard InChI is InChI=1S/C13H20O.C3H4.C2H6/c1-4-6-12(5-2)14-13-9-7-11(3)8-10-13;1-3-2;1-2/h5,7,9-11H,4,6,8H2,1-3H3;1H,2H3;1-2H3/b12-5+;;. The van der Waals surface area contributed by atoms with E-state index >= 15 is 0 Å². The Balaban J connectivity index is 0. The summed E-state index contributed by atoms with van der Waals surface area (Å²) in [5.74, 6) is 4.99. The molecule has 0 N–H and O–H groups in total. The van der Waals surface area contributed by atoms with Crippen LogP contribution in [0.2, 0.25) is 0 Å². The molecule has 0 aromatic carbocycles. The van der Waals surface area contributed by atoms with Gasteiger partial charge in [-0.3, -0.25) is 0 Å². The van der Waals surface area contributed by atoms with Gasteiger partial charge in [0.15, 0.2) is 0 Å². The molecule has 0 saturated heterocycles. The second-order valence-corrected chi connectivity index (χ2v) is 4.07. The lowest BCUT2D eigenvalue weighted by atomic mass is 10.0. The molecule has 1 nitrogen and oxygen atoms in total. The molecule has 1 unspecified atom stereocenters. The molecule has 0 amide bonds. The van der Waals surface area contributed by atoms with Crippen molar-refractivity contribution < 1.29 is 4.74 Å². The molecule has 0 aromatic rings. The fourth-order valence-electron chi connectivity index (χ4n) is 1.44. The lowest BCUT2D eigenvalue weighted by Crippen LogP contribution is -1.98. The van der Waals surface area contributed by atoms with Crippen LogP contribution < -0.4 is 0 Å². The molecule has 0 bridgehead atoms. The van der Waals surface area contributed by atoms with Crippen LogP contribution in [-0.4, -0.2) is 0 Å². The fraction of sp³-hybridized carbons (Fsp3) is 0.556. The van der Waals surface area contributed by atoms with Gasteiger partial charge < -0.3 is 4.74 Å². The number of hydrogen-bond acceptors (Lipinski definition) is 1. The highest BCUT2D eigenvalue weighted by molar-refractivity contribution is 5.19. The molecular formula is C18H30O. The van der Waals surface area contributed by atoms with E-state index < -0.39 is 0 Å². The third-order valence-electron chi connectivity index (χ3n) is 2.35. The van der Waals surface area contributed by atoms with Crippen molar-refractivity contribution in [2.75, 3.05) is 0 Å². The quantitative estimate of drug-likeness (QED) is 0.456. The molecule has 0 saturated carbocycles. The van der Waals surface area contributed by atoms with Crippen molar-refractivity contribution >= 4 is 0 Å². The number of rotatable bonds is 4. The summed E-state index contributed by atoms with van der Waals surface area (Å²) in [6, 6.07) is 0. The molecule has 1 heteroatoms. The van der Waals surface area contributed by atoms with Crippen molar-refractivity contribution in [3.05, 3.63) is 35.8 Å². The molecule has 0 fully saturated rings. The van der Waals surface area contributed by atoms with Crippen molar-refractivity contribution in [1.82, 2.24) is 0 Å². The maximum atomic E-state index is 5.76. The maximum absolute atomic E-state index is 5.76. The fourth-order valence-corrected chi connectivity index (χ4v) is 1.44. The lowest BCUT2D eigenvalue weighted by Gasteiger charge is -2.14. The van der Waals surface area contributed by atoms with Crippen LogP contribution in [0.1, 0.15) is 60.8 Å². The number of terminal acetylenes is 1. The van der Waals surface area contributed by atoms with Crippen LogP contribution in [0.15, 0.2) is 35.8 Å². The van der Waals surface area contributed by atoms with Crippen LogP contribution in [0, 0.1) is 18.3 Å². The Labute approximate surface area is 120 Å². The molecule has 0 aliphatic heterocycles. The second kappa shape index (κ2) is 14.6. The maximum Gasteiger partial charge on any atom is 0.122 e. The number of ether oxygens (including phenoxy) is 1. The van der Waals surface area contributed by atoms with Gasteiger partial charge in [-0.1, -0.05) is 33.8 Å². The predicted molar refractivity (Wildman–Crippen MR) is 86.6 cm³/mol. The van der Waals surface area contributed by atoms with Crippen LogP contribution in [-0.2, 0) is 4.74 Å². The van der Waals surface area contributed by atoms with Gasteiger partial charge >= 0.3 is 0 Å². The van der Waals surface area contributed by atoms with Crippen LogP contribution in [0.3, 0.4) is 0 Å². The number of allylic oxidation sites excluding steroid dienone is 5. The average Bonchev–Trinajstić information content (AvgIpc) is 2.44. The van der Waals surface area contributed by atoms with Gasteiger partial charge in [-0.25, -0.2) is 0 Å². The summed E-state index contributed by atoms with van der Waals surface area (Å²) >= 11 is 0. The molecule has 1 atom stereocenters. The minimum Gasteiger partial charge on any atom is -0.462 e. The molecule has 19 heavy (non-hydrogen) atoms. The van der Waals surface area contributed by atoms with E-state index in [2.05, 4.69) is 50.5 Å². The second-order valence-electron chi connectivity index (χ2n) is 4.07. The first-order valence-electron chi connectivity index (χ1n) is 7.26. The van der Waals surface area contributed by atoms with Crippen LogP contribution >= 0.6 is 0 Å². The summed E-state index contributed by atoms with van der Waals surface area (Å²) in [5.41, 5.74) is 0. The van der Waals surface area contributed by atoms with E-state index in [4.69, 9.17) is 4.74 Å². The molecule has 1 aliphatic carbocycles. The van der Waals surface area contributed by atoms with Crippen LogP contribution in [0.4, 0.5) is 0 Å². The highest BCUT2D eigenvalue weighted by Gasteiger charge is 2.05. The minimum atomic E-state index is 0.655. The van der Waals surface area contributed by atoms with Crippen LogP contribution in [0.5, 0.6) is 0 Å². The largest absolute Gasteiger partial charge is 0.462 e. The van der Waals surface area contributed by atoms with Gasteiger partial charge in [-0.05, 0) is 50.8 Å². The summed E-state index contributed by atoms with van der Waals surface area (Å²) in [4.78, 5) is 0. The summed E-state index contributed by atoms with van der Waals surface area (Å²) in [6.45, 7) is 12.1. The van der Waals surface area contributed by atoms with Gasteiger partial charge in [0.2, 0.25) is 0 Å². The van der Waals surface area contributed by atoms with Gasteiger partial charge in [0.25, 0.3) is 0 Å². The van der Waals surface area contributed by atoms with E-state index in [0.717, 1.165) is 30.8 Å². The topological polar surface area (TPSA) is 9.23 Å². The highest BCUT2D eigenvalue weighted by atomic mass is 16.5. The first-order valence-corrected chi connectivity index (χ1v) is 7.26. The third kappa shape index (κ3) is 11.4. The Hall–Kier alpha value is -1.42. The average molecular weight is 262 g/mol. The van der Waals surface area contributed by atoms with Crippen molar-refractivity contribution in [2.45, 2.75) is 60.8 Å². The molecule has 0 spiro atoms. The first kappa shape index (κ1) is 19.9. The summed E-state index contributed by atoms with van der Waals surface area (Å²) in [6.07, 6.45) is 16.3. The van der Waals surface area contributed by atoms with Crippen molar-refractivity contribution in [3.8, 4) is 12.3 Å². The van der Waals surface area contributed by atoms with Crippen LogP contribution in [0.25, 0.3) is 0 Å².